The first-order valence-corrected chi connectivity index (χ1v) is 5.22. The molecule has 0 aromatic heterocycles. The third-order valence-corrected chi connectivity index (χ3v) is 2.83. The van der Waals surface area contributed by atoms with E-state index < -0.39 is 0 Å². The molecule has 3 nitrogen and oxygen atoms in total. The van der Waals surface area contributed by atoms with Gasteiger partial charge in [0.25, 0.3) is 5.91 Å². The van der Waals surface area contributed by atoms with E-state index >= 15 is 0 Å². The van der Waals surface area contributed by atoms with E-state index in [1.807, 2.05) is 25.1 Å². The molecule has 1 heterocycles. The van der Waals surface area contributed by atoms with Crippen LogP contribution in [0.3, 0.4) is 0 Å². The molecule has 1 N–H and O–H groups in total. The summed E-state index contributed by atoms with van der Waals surface area (Å²) in [5, 5.41) is 9.47. The number of hydrogen-bond acceptors (Lipinski definition) is 2. The third-order valence-electron chi connectivity index (χ3n) is 2.83. The monoisotopic (exact) mass is 205 g/mol. The Morgan fingerprint density at radius 2 is 2.07 bits per heavy atom. The van der Waals surface area contributed by atoms with E-state index in [1.165, 1.54) is 0 Å². The van der Waals surface area contributed by atoms with Gasteiger partial charge in [-0.05, 0) is 25.5 Å². The van der Waals surface area contributed by atoms with Crippen molar-refractivity contribution in [2.24, 2.45) is 0 Å². The van der Waals surface area contributed by atoms with Gasteiger partial charge in [0.2, 0.25) is 0 Å². The Hall–Kier alpha value is -1.35. The van der Waals surface area contributed by atoms with Gasteiger partial charge in [0, 0.05) is 18.2 Å². The second kappa shape index (κ2) is 4.03. The molecule has 1 fully saturated rings. The molecule has 1 aliphatic rings. The van der Waals surface area contributed by atoms with Crippen LogP contribution in [0.1, 0.15) is 23.7 Å². The maximum atomic E-state index is 12.0. The van der Waals surface area contributed by atoms with Gasteiger partial charge < -0.3 is 10.0 Å². The summed E-state index contributed by atoms with van der Waals surface area (Å²) in [5.41, 5.74) is 0.693. The van der Waals surface area contributed by atoms with Crippen molar-refractivity contribution in [3.05, 3.63) is 35.9 Å². The van der Waals surface area contributed by atoms with E-state index in [0.29, 0.717) is 18.5 Å². The van der Waals surface area contributed by atoms with Crippen molar-refractivity contribution in [2.45, 2.75) is 25.5 Å². The van der Waals surface area contributed by atoms with Crippen LogP contribution in [-0.2, 0) is 0 Å². The van der Waals surface area contributed by atoms with Crippen molar-refractivity contribution in [1.29, 1.82) is 0 Å². The highest BCUT2D eigenvalue weighted by atomic mass is 16.3. The summed E-state index contributed by atoms with van der Waals surface area (Å²) in [6.07, 6.45) is 0.311. The summed E-state index contributed by atoms with van der Waals surface area (Å²) in [6.45, 7) is 2.42. The molecule has 2 rings (SSSR count). The van der Waals surface area contributed by atoms with Crippen LogP contribution in [0.2, 0.25) is 0 Å². The van der Waals surface area contributed by atoms with Crippen molar-refractivity contribution in [3.63, 3.8) is 0 Å². The summed E-state index contributed by atoms with van der Waals surface area (Å²) < 4.78 is 0. The summed E-state index contributed by atoms with van der Waals surface area (Å²) in [6, 6.07) is 9.33. The van der Waals surface area contributed by atoms with Gasteiger partial charge in [-0.25, -0.2) is 0 Å². The van der Waals surface area contributed by atoms with Gasteiger partial charge in [0.05, 0.1) is 6.10 Å². The Bertz CT molecular complexity index is 350. The number of rotatable bonds is 1. The second-order valence-corrected chi connectivity index (χ2v) is 4.06. The van der Waals surface area contributed by atoms with Crippen molar-refractivity contribution in [3.8, 4) is 0 Å². The number of aliphatic hydroxyl groups excluding tert-OH is 1. The van der Waals surface area contributed by atoms with Crippen molar-refractivity contribution in [1.82, 2.24) is 4.90 Å². The highest BCUT2D eigenvalue weighted by Crippen LogP contribution is 2.19. The number of carbonyl (C=O) groups excluding carboxylic acids is 1. The number of carbonyl (C=O) groups is 1. The molecule has 80 valence electrons. The van der Waals surface area contributed by atoms with Gasteiger partial charge in [-0.15, -0.1) is 0 Å². The molecular formula is C12H15NO2. The van der Waals surface area contributed by atoms with Gasteiger partial charge in [-0.3, -0.25) is 4.79 Å². The fraction of sp³-hybridized carbons (Fsp3) is 0.417. The summed E-state index contributed by atoms with van der Waals surface area (Å²) in [4.78, 5) is 13.8. The zero-order chi connectivity index (χ0) is 10.8. The number of nitrogens with zero attached hydrogens (tertiary/aromatic N) is 1. The molecule has 1 aromatic rings. The van der Waals surface area contributed by atoms with Crippen LogP contribution in [0, 0.1) is 0 Å². The number of aliphatic hydroxyl groups is 1. The minimum atomic E-state index is -0.368. The zero-order valence-electron chi connectivity index (χ0n) is 8.76. The Kier molecular flexibility index (Phi) is 2.73. The van der Waals surface area contributed by atoms with Crippen LogP contribution >= 0.6 is 0 Å². The van der Waals surface area contributed by atoms with Crippen LogP contribution in [-0.4, -0.2) is 34.6 Å². The number of likely N-dealkylation sites (tertiary alicyclic amines) is 1. The van der Waals surface area contributed by atoms with Crippen molar-refractivity contribution < 1.29 is 9.90 Å². The first kappa shape index (κ1) is 10.2. The molecule has 0 saturated carbocycles. The predicted octanol–water partition coefficient (Wildman–Crippen LogP) is 1.28. The van der Waals surface area contributed by atoms with E-state index in [0.717, 1.165) is 0 Å². The number of β-amino-alcohol motifs (C(OH)–C–C–N with tert-alkyl or cyclic N) is 1. The van der Waals surface area contributed by atoms with E-state index in [1.54, 1.807) is 17.0 Å². The number of hydrogen-bond donors (Lipinski definition) is 1. The smallest absolute Gasteiger partial charge is 0.254 e. The van der Waals surface area contributed by atoms with Crippen LogP contribution in [0.5, 0.6) is 0 Å². The molecule has 0 unspecified atom stereocenters. The molecule has 3 heteroatoms. The molecule has 1 aliphatic heterocycles. The maximum Gasteiger partial charge on any atom is 0.254 e. The van der Waals surface area contributed by atoms with Gasteiger partial charge in [0.1, 0.15) is 0 Å². The van der Waals surface area contributed by atoms with E-state index in [4.69, 9.17) is 0 Å². The fourth-order valence-corrected chi connectivity index (χ4v) is 2.03. The SMILES string of the molecule is C[C@@H]1C[C@@H](O)CN1C(=O)c1ccccc1. The number of benzene rings is 1. The zero-order valence-corrected chi connectivity index (χ0v) is 8.76. The highest BCUT2D eigenvalue weighted by molar-refractivity contribution is 5.94. The fourth-order valence-electron chi connectivity index (χ4n) is 2.03. The summed E-state index contributed by atoms with van der Waals surface area (Å²) in [5.74, 6) is 0.0136. The van der Waals surface area contributed by atoms with Crippen LogP contribution in [0.15, 0.2) is 30.3 Å². The molecular weight excluding hydrogens is 190 g/mol. The number of amides is 1. The molecule has 0 aliphatic carbocycles. The molecule has 0 radical (unpaired) electrons. The lowest BCUT2D eigenvalue weighted by Crippen LogP contribution is -2.34. The Labute approximate surface area is 89.3 Å². The minimum absolute atomic E-state index is 0.0136. The van der Waals surface area contributed by atoms with E-state index in [-0.39, 0.29) is 18.1 Å². The topological polar surface area (TPSA) is 40.5 Å². The molecule has 15 heavy (non-hydrogen) atoms. The van der Waals surface area contributed by atoms with E-state index in [9.17, 15) is 9.90 Å². The molecule has 0 spiro atoms. The van der Waals surface area contributed by atoms with Gasteiger partial charge >= 0.3 is 0 Å². The molecule has 1 aromatic carbocycles. The Balaban J connectivity index is 2.15. The predicted molar refractivity (Wildman–Crippen MR) is 57.6 cm³/mol. The lowest BCUT2D eigenvalue weighted by Gasteiger charge is -2.20. The summed E-state index contributed by atoms with van der Waals surface area (Å²) in [7, 11) is 0. The lowest BCUT2D eigenvalue weighted by molar-refractivity contribution is 0.0726. The first-order chi connectivity index (χ1) is 7.18. The van der Waals surface area contributed by atoms with Crippen LogP contribution < -0.4 is 0 Å². The highest BCUT2D eigenvalue weighted by Gasteiger charge is 2.31. The molecule has 1 amide bonds. The van der Waals surface area contributed by atoms with Gasteiger partial charge in [-0.1, -0.05) is 18.2 Å². The standard InChI is InChI=1S/C12H15NO2/c1-9-7-11(14)8-13(9)12(15)10-5-3-2-4-6-10/h2-6,9,11,14H,7-8H2,1H3/t9-,11-/m1/s1. The van der Waals surface area contributed by atoms with E-state index in [2.05, 4.69) is 0 Å². The quantitative estimate of drug-likeness (QED) is 0.750. The Morgan fingerprint density at radius 3 is 2.60 bits per heavy atom. The lowest BCUT2D eigenvalue weighted by atomic mass is 10.2. The average Bonchev–Trinajstić information content (AvgIpc) is 2.58. The Morgan fingerprint density at radius 1 is 1.40 bits per heavy atom. The van der Waals surface area contributed by atoms with Crippen LogP contribution in [0.4, 0.5) is 0 Å². The van der Waals surface area contributed by atoms with Gasteiger partial charge in [-0.2, -0.15) is 0 Å². The first-order valence-electron chi connectivity index (χ1n) is 5.22. The molecule has 1 saturated heterocycles. The van der Waals surface area contributed by atoms with Gasteiger partial charge in [0.15, 0.2) is 0 Å². The van der Waals surface area contributed by atoms with Crippen molar-refractivity contribution in [2.75, 3.05) is 6.54 Å². The second-order valence-electron chi connectivity index (χ2n) is 4.06. The third kappa shape index (κ3) is 2.02. The van der Waals surface area contributed by atoms with Crippen LogP contribution in [0.25, 0.3) is 0 Å². The van der Waals surface area contributed by atoms with Crippen molar-refractivity contribution >= 4 is 5.91 Å². The molecule has 0 bridgehead atoms. The minimum Gasteiger partial charge on any atom is -0.391 e. The summed E-state index contributed by atoms with van der Waals surface area (Å²) >= 11 is 0. The maximum absolute atomic E-state index is 12.0. The largest absolute Gasteiger partial charge is 0.391 e. The normalized spacial score (nSPS) is 25.6. The molecule has 2 atom stereocenters. The average molecular weight is 205 g/mol.